The largest absolute Gasteiger partial charge is 0.493 e. The molecule has 2 aromatic carbocycles. The molecule has 1 saturated heterocycles. The normalized spacial score (nSPS) is 16.2. The van der Waals surface area contributed by atoms with Crippen LogP contribution in [0.3, 0.4) is 0 Å². The Morgan fingerprint density at radius 3 is 2.32 bits per heavy atom. The van der Waals surface area contributed by atoms with E-state index >= 15 is 0 Å². The molecule has 0 aromatic heterocycles. The van der Waals surface area contributed by atoms with Crippen LogP contribution in [-0.2, 0) is 9.59 Å². The third-order valence-corrected chi connectivity index (χ3v) is 5.57. The van der Waals surface area contributed by atoms with Crippen molar-refractivity contribution in [2.45, 2.75) is 16.6 Å². The zero-order chi connectivity index (χ0) is 20.3. The molecule has 28 heavy (non-hydrogen) atoms. The molecule has 8 heteroatoms. The lowest BCUT2D eigenvalue weighted by atomic mass is 10.2. The Balaban J connectivity index is 1.65. The zero-order valence-electron chi connectivity index (χ0n) is 15.7. The van der Waals surface area contributed by atoms with Gasteiger partial charge in [-0.1, -0.05) is 0 Å². The number of likely N-dealkylation sites (tertiary alicyclic amines) is 1. The molecule has 0 radical (unpaired) electrons. The van der Waals surface area contributed by atoms with Crippen LogP contribution < -0.4 is 14.8 Å². The van der Waals surface area contributed by atoms with Crippen molar-refractivity contribution >= 4 is 35.2 Å². The molecule has 146 valence electrons. The average molecular weight is 400 g/mol. The van der Waals surface area contributed by atoms with Gasteiger partial charge in [0.25, 0.3) is 5.91 Å². The second-order valence-corrected chi connectivity index (χ2v) is 7.43. The van der Waals surface area contributed by atoms with E-state index in [1.54, 1.807) is 30.3 Å². The number of hydrogen-bond acceptors (Lipinski definition) is 6. The Labute approximate surface area is 167 Å². The highest BCUT2D eigenvalue weighted by atomic mass is 32.2. The summed E-state index contributed by atoms with van der Waals surface area (Å²) in [4.78, 5) is 38.1. The molecular weight excluding hydrogens is 380 g/mol. The molecule has 1 fully saturated rings. The second kappa shape index (κ2) is 8.35. The van der Waals surface area contributed by atoms with Crippen molar-refractivity contribution < 1.29 is 23.9 Å². The molecule has 0 spiro atoms. The van der Waals surface area contributed by atoms with Crippen molar-refractivity contribution in [1.82, 2.24) is 4.90 Å². The van der Waals surface area contributed by atoms with E-state index < -0.39 is 5.25 Å². The third kappa shape index (κ3) is 4.12. The highest BCUT2D eigenvalue weighted by Crippen LogP contribution is 2.32. The zero-order valence-corrected chi connectivity index (χ0v) is 16.5. The predicted octanol–water partition coefficient (Wildman–Crippen LogP) is 2.81. The molecule has 3 amide bonds. The lowest BCUT2D eigenvalue weighted by Gasteiger charge is -2.11. The molecule has 0 aliphatic carbocycles. The maximum Gasteiger partial charge on any atom is 0.255 e. The summed E-state index contributed by atoms with van der Waals surface area (Å²) in [6, 6.07) is 12.1. The standard InChI is InChI=1S/C20H20N2O5S/c1-22-18(23)11-17(20(22)25)28-14-7-5-13(6-8-14)21-19(24)12-4-9-15(26-2)16(10-12)27-3/h4-10,17H,11H2,1-3H3,(H,21,24). The lowest BCUT2D eigenvalue weighted by molar-refractivity contribution is -0.136. The molecule has 1 aliphatic rings. The molecular formula is C20H20N2O5S. The van der Waals surface area contributed by atoms with Crippen molar-refractivity contribution in [3.05, 3.63) is 48.0 Å². The fourth-order valence-electron chi connectivity index (χ4n) is 2.78. The van der Waals surface area contributed by atoms with Crippen LogP contribution in [0.1, 0.15) is 16.8 Å². The topological polar surface area (TPSA) is 84.9 Å². The van der Waals surface area contributed by atoms with Gasteiger partial charge >= 0.3 is 0 Å². The van der Waals surface area contributed by atoms with E-state index in [-0.39, 0.29) is 24.1 Å². The number of carbonyl (C=O) groups is 3. The smallest absolute Gasteiger partial charge is 0.255 e. The Morgan fingerprint density at radius 2 is 1.75 bits per heavy atom. The summed E-state index contributed by atoms with van der Waals surface area (Å²) in [5, 5.41) is 2.42. The van der Waals surface area contributed by atoms with Crippen molar-refractivity contribution in [2.24, 2.45) is 0 Å². The molecule has 1 N–H and O–H groups in total. The van der Waals surface area contributed by atoms with Crippen molar-refractivity contribution in [2.75, 3.05) is 26.6 Å². The van der Waals surface area contributed by atoms with E-state index in [1.807, 2.05) is 12.1 Å². The summed E-state index contributed by atoms with van der Waals surface area (Å²) in [6.45, 7) is 0. The summed E-state index contributed by atoms with van der Waals surface area (Å²) in [6.07, 6.45) is 0.206. The van der Waals surface area contributed by atoms with Crippen LogP contribution in [0.15, 0.2) is 47.4 Å². The van der Waals surface area contributed by atoms with E-state index in [9.17, 15) is 14.4 Å². The van der Waals surface area contributed by atoms with Crippen molar-refractivity contribution in [1.29, 1.82) is 0 Å². The fraction of sp³-hybridized carbons (Fsp3) is 0.250. The van der Waals surface area contributed by atoms with Crippen LogP contribution in [0.25, 0.3) is 0 Å². The van der Waals surface area contributed by atoms with Gasteiger partial charge in [0.2, 0.25) is 11.8 Å². The fourth-order valence-corrected chi connectivity index (χ4v) is 3.88. The van der Waals surface area contributed by atoms with Crippen LogP contribution in [0.4, 0.5) is 5.69 Å². The molecule has 0 bridgehead atoms. The number of nitrogens with zero attached hydrogens (tertiary/aromatic N) is 1. The number of thioether (sulfide) groups is 1. The monoisotopic (exact) mass is 400 g/mol. The molecule has 0 saturated carbocycles. The first kappa shape index (κ1) is 19.8. The van der Waals surface area contributed by atoms with Crippen LogP contribution in [0, 0.1) is 0 Å². The third-order valence-electron chi connectivity index (χ3n) is 4.38. The molecule has 1 atom stereocenters. The maximum absolute atomic E-state index is 12.5. The number of imide groups is 1. The van der Waals surface area contributed by atoms with Crippen molar-refractivity contribution in [3.8, 4) is 11.5 Å². The number of methoxy groups -OCH3 is 2. The number of rotatable bonds is 6. The number of nitrogens with one attached hydrogen (secondary N) is 1. The van der Waals surface area contributed by atoms with Gasteiger partial charge in [0.1, 0.15) is 0 Å². The lowest BCUT2D eigenvalue weighted by Crippen LogP contribution is -2.26. The Hall–Kier alpha value is -3.00. The molecule has 1 heterocycles. The van der Waals surface area contributed by atoms with Gasteiger partial charge in [-0.15, -0.1) is 11.8 Å². The first-order chi connectivity index (χ1) is 13.4. The molecule has 7 nitrogen and oxygen atoms in total. The van der Waals surface area contributed by atoms with E-state index in [2.05, 4.69) is 5.32 Å². The van der Waals surface area contributed by atoms with Gasteiger partial charge in [-0.05, 0) is 42.5 Å². The maximum atomic E-state index is 12.5. The first-order valence-corrected chi connectivity index (χ1v) is 9.41. The molecule has 1 unspecified atom stereocenters. The highest BCUT2D eigenvalue weighted by Gasteiger charge is 2.36. The Kier molecular flexibility index (Phi) is 5.89. The van der Waals surface area contributed by atoms with Gasteiger partial charge in [-0.25, -0.2) is 0 Å². The SMILES string of the molecule is COc1ccc(C(=O)Nc2ccc(SC3CC(=O)N(C)C3=O)cc2)cc1OC. The summed E-state index contributed by atoms with van der Waals surface area (Å²) in [5.74, 6) is 0.398. The number of amides is 3. The van der Waals surface area contributed by atoms with Gasteiger partial charge in [0.05, 0.1) is 19.5 Å². The second-order valence-electron chi connectivity index (χ2n) is 6.15. The molecule has 1 aliphatic heterocycles. The highest BCUT2D eigenvalue weighted by molar-refractivity contribution is 8.00. The summed E-state index contributed by atoms with van der Waals surface area (Å²) < 4.78 is 10.4. The summed E-state index contributed by atoms with van der Waals surface area (Å²) in [7, 11) is 4.54. The van der Waals surface area contributed by atoms with Crippen molar-refractivity contribution in [3.63, 3.8) is 0 Å². The van der Waals surface area contributed by atoms with Gasteiger partial charge in [0, 0.05) is 29.6 Å². The van der Waals surface area contributed by atoms with Crippen LogP contribution in [0.2, 0.25) is 0 Å². The number of hydrogen-bond donors (Lipinski definition) is 1. The first-order valence-electron chi connectivity index (χ1n) is 8.53. The number of ether oxygens (including phenoxy) is 2. The quantitative estimate of drug-likeness (QED) is 0.751. The van der Waals surface area contributed by atoms with Gasteiger partial charge in [-0.2, -0.15) is 0 Å². The van der Waals surface area contributed by atoms with E-state index in [0.29, 0.717) is 22.7 Å². The van der Waals surface area contributed by atoms with Crippen LogP contribution >= 0.6 is 11.8 Å². The predicted molar refractivity (Wildman–Crippen MR) is 106 cm³/mol. The molecule has 3 rings (SSSR count). The number of benzene rings is 2. The van der Waals surface area contributed by atoms with Crippen LogP contribution in [0.5, 0.6) is 11.5 Å². The van der Waals surface area contributed by atoms with E-state index in [1.165, 1.54) is 33.0 Å². The van der Waals surface area contributed by atoms with Gasteiger partial charge in [-0.3, -0.25) is 19.3 Å². The minimum absolute atomic E-state index is 0.165. The minimum atomic E-state index is -0.398. The van der Waals surface area contributed by atoms with E-state index in [0.717, 1.165) is 9.80 Å². The molecule has 2 aromatic rings. The number of carbonyl (C=O) groups excluding carboxylic acids is 3. The summed E-state index contributed by atoms with van der Waals surface area (Å²) >= 11 is 1.34. The van der Waals surface area contributed by atoms with Crippen LogP contribution in [-0.4, -0.2) is 49.1 Å². The Bertz CT molecular complexity index is 913. The average Bonchev–Trinajstić information content (AvgIpc) is 2.95. The summed E-state index contributed by atoms with van der Waals surface area (Å²) in [5.41, 5.74) is 1.06. The Morgan fingerprint density at radius 1 is 1.07 bits per heavy atom. The van der Waals surface area contributed by atoms with E-state index in [4.69, 9.17) is 9.47 Å². The number of anilines is 1. The van der Waals surface area contributed by atoms with Gasteiger partial charge < -0.3 is 14.8 Å². The minimum Gasteiger partial charge on any atom is -0.493 e. The van der Waals surface area contributed by atoms with Gasteiger partial charge in [0.15, 0.2) is 11.5 Å².